The van der Waals surface area contributed by atoms with Crippen molar-refractivity contribution in [1.29, 1.82) is 5.26 Å². The fraction of sp³-hybridized carbons (Fsp3) is 0.346. The Kier molecular flexibility index (Phi) is 7.36. The molecule has 0 radical (unpaired) electrons. The number of benzene rings is 2. The van der Waals surface area contributed by atoms with E-state index in [1.54, 1.807) is 27.0 Å². The van der Waals surface area contributed by atoms with Gasteiger partial charge in [-0.1, -0.05) is 26.8 Å². The van der Waals surface area contributed by atoms with Crippen LogP contribution < -0.4 is 10.6 Å². The minimum atomic E-state index is -0.633. The molecule has 1 amide bonds. The fourth-order valence-electron chi connectivity index (χ4n) is 3.26. The minimum absolute atomic E-state index is 0.0549. The Morgan fingerprint density at radius 1 is 1.09 bits per heavy atom. The van der Waals surface area contributed by atoms with E-state index in [4.69, 9.17) is 15.0 Å². The molecule has 0 bridgehead atoms. The Balaban J connectivity index is 1.74. The summed E-state index contributed by atoms with van der Waals surface area (Å²) >= 11 is 0. The second kappa shape index (κ2) is 10.0. The van der Waals surface area contributed by atoms with Crippen molar-refractivity contribution < 1.29 is 9.53 Å². The molecule has 0 unspecified atom stereocenters. The zero-order chi connectivity index (χ0) is 24.9. The molecule has 34 heavy (non-hydrogen) atoms. The topological polar surface area (TPSA) is 99.9 Å². The van der Waals surface area contributed by atoms with Crippen LogP contribution >= 0.6 is 0 Å². The van der Waals surface area contributed by atoms with Gasteiger partial charge in [-0.25, -0.2) is 0 Å². The van der Waals surface area contributed by atoms with Gasteiger partial charge in [0.25, 0.3) is 0 Å². The molecule has 174 valence electrons. The summed E-state index contributed by atoms with van der Waals surface area (Å²) in [5.41, 5.74) is 5.27. The van der Waals surface area contributed by atoms with Gasteiger partial charge in [-0.05, 0) is 5.41 Å². The number of carbonyl (C=O) groups excluding carboxylic acids is 1. The molecule has 2 N–H and O–H groups in total. The molecule has 0 fully saturated rings. The van der Waals surface area contributed by atoms with Crippen LogP contribution in [0.1, 0.15) is 52.7 Å². The van der Waals surface area contributed by atoms with E-state index >= 15 is 0 Å². The van der Waals surface area contributed by atoms with E-state index in [2.05, 4.69) is 48.5 Å². The van der Waals surface area contributed by atoms with Crippen LogP contribution in [0.15, 0.2) is 48.7 Å². The number of nitrogens with one attached hydrogen (secondary N) is 2. The Hall–Kier alpha value is -3.73. The zero-order valence-corrected chi connectivity index (χ0v) is 20.6. The third-order valence-corrected chi connectivity index (χ3v) is 4.96. The summed E-state index contributed by atoms with van der Waals surface area (Å²) in [6, 6.07) is 14.2. The van der Waals surface area contributed by atoms with E-state index in [1.807, 2.05) is 36.3 Å². The zero-order valence-electron chi connectivity index (χ0n) is 20.6. The summed E-state index contributed by atoms with van der Waals surface area (Å²) < 4.78 is 5.24. The van der Waals surface area contributed by atoms with Gasteiger partial charge < -0.3 is 0 Å². The quantitative estimate of drug-likeness (QED) is 0.551. The van der Waals surface area contributed by atoms with Crippen molar-refractivity contribution in [2.75, 3.05) is 0 Å². The van der Waals surface area contributed by atoms with Crippen molar-refractivity contribution in [2.24, 2.45) is 0 Å². The average molecular weight is 455 g/mol. The molecule has 8 heteroatoms. The number of aromatic nitrogens is 2. The van der Waals surface area contributed by atoms with Gasteiger partial charge in [0.1, 0.15) is 0 Å². The average Bonchev–Trinajstić information content (AvgIpc) is 2.75. The first-order chi connectivity index (χ1) is 15.9. The van der Waals surface area contributed by atoms with Gasteiger partial charge in [0.15, 0.2) is 0 Å². The second-order valence-electron chi connectivity index (χ2n) is 10.1. The molecule has 2 aromatic carbocycles. The van der Waals surface area contributed by atoms with Crippen LogP contribution in [0.2, 0.25) is 0 Å². The maximum absolute atomic E-state index is 12.0. The van der Waals surface area contributed by atoms with Gasteiger partial charge in [-0.2, -0.15) is 0 Å². The van der Waals surface area contributed by atoms with Crippen LogP contribution in [0, 0.1) is 11.2 Å². The van der Waals surface area contributed by atoms with Gasteiger partial charge in [-0.3, -0.25) is 0 Å². The van der Waals surface area contributed by atoms with Crippen LogP contribution in [-0.2, 0) is 16.7 Å². The van der Waals surface area contributed by atoms with Gasteiger partial charge in [0.05, 0.1) is 0 Å². The van der Waals surface area contributed by atoms with Gasteiger partial charge in [0, 0.05) is 0 Å². The van der Waals surface area contributed by atoms with Crippen LogP contribution in [0.25, 0.3) is 22.3 Å². The first-order valence-electron chi connectivity index (χ1n) is 11.1. The molecule has 0 saturated carbocycles. The second-order valence-corrected chi connectivity index (χ2v) is 10.1. The number of rotatable bonds is 5. The molecule has 0 atom stereocenters. The van der Waals surface area contributed by atoms with Gasteiger partial charge >= 0.3 is 169 Å². The number of hydrogen-bond donors (Lipinski definition) is 2. The molecule has 1 heterocycles. The SMILES string of the molecule is CC(C)(C)OC(=O)NC(=BC#N)NCc1ccc2nc(-c3cccc(C(C)(C)C)c3)cnc2c1. The Bertz CT molecular complexity index is 1270. The number of ether oxygens (including phenoxy) is 1. The Labute approximate surface area is 201 Å². The van der Waals surface area contributed by atoms with E-state index in [1.165, 1.54) is 12.5 Å². The molecular formula is C26H30BN5O2. The Morgan fingerprint density at radius 2 is 1.85 bits per heavy atom. The first-order valence-corrected chi connectivity index (χ1v) is 11.1. The Morgan fingerprint density at radius 3 is 2.53 bits per heavy atom. The predicted molar refractivity (Wildman–Crippen MR) is 136 cm³/mol. The third-order valence-electron chi connectivity index (χ3n) is 4.96. The molecular weight excluding hydrogens is 425 g/mol. The molecule has 3 rings (SSSR count). The number of hydrogen-bond acceptors (Lipinski definition) is 6. The van der Waals surface area contributed by atoms with E-state index in [0.29, 0.717) is 6.54 Å². The summed E-state index contributed by atoms with van der Waals surface area (Å²) in [5, 5.41) is 14.6. The summed E-state index contributed by atoms with van der Waals surface area (Å²) in [5.74, 6) is 1.92. The number of nitrogens with zero attached hydrogens (tertiary/aromatic N) is 3. The molecule has 0 aliphatic heterocycles. The van der Waals surface area contributed by atoms with Crippen molar-refractivity contribution in [3.63, 3.8) is 0 Å². The van der Waals surface area contributed by atoms with Crippen LogP contribution in [0.4, 0.5) is 4.79 Å². The van der Waals surface area contributed by atoms with Crippen molar-refractivity contribution in [1.82, 2.24) is 20.6 Å². The molecule has 0 saturated heterocycles. The van der Waals surface area contributed by atoms with Crippen molar-refractivity contribution in [3.05, 3.63) is 59.8 Å². The number of alkyl carbamates (subject to hydrolysis) is 1. The number of nitriles is 1. The fourth-order valence-corrected chi connectivity index (χ4v) is 3.26. The normalized spacial score (nSPS) is 12.0. The molecule has 0 aliphatic carbocycles. The monoisotopic (exact) mass is 455 g/mol. The van der Waals surface area contributed by atoms with Gasteiger partial charge in [-0.15, -0.1) is 0 Å². The van der Waals surface area contributed by atoms with Crippen LogP contribution in [0.3, 0.4) is 0 Å². The standard InChI is InChI=1S/C26H30BN5O2/c1-25(2,3)19-9-7-8-18(13-19)22-15-29-21-12-17(10-11-20(21)31-22)14-30-23(27-16-28)32-24(33)34-26(4,5)6/h7-13,15,30H,14H2,1-6H3,(H,32,33). The summed E-state index contributed by atoms with van der Waals surface area (Å²) in [6.45, 7) is 13.5. The van der Waals surface area contributed by atoms with Crippen molar-refractivity contribution in [2.45, 2.75) is 59.1 Å². The number of fused-ring (bicyclic) bond motifs is 1. The van der Waals surface area contributed by atoms with Crippen LogP contribution in [0.5, 0.6) is 0 Å². The van der Waals surface area contributed by atoms with Gasteiger partial charge in [0.2, 0.25) is 0 Å². The molecule has 0 spiro atoms. The molecule has 3 aromatic rings. The summed E-state index contributed by atoms with van der Waals surface area (Å²) in [7, 11) is 0. The van der Waals surface area contributed by atoms with E-state index in [9.17, 15) is 4.79 Å². The third kappa shape index (κ3) is 6.88. The van der Waals surface area contributed by atoms with E-state index in [0.717, 1.165) is 27.9 Å². The summed E-state index contributed by atoms with van der Waals surface area (Å²) in [4.78, 5) is 21.4. The van der Waals surface area contributed by atoms with E-state index in [-0.39, 0.29) is 11.1 Å². The number of carbonyl (C=O) groups is 1. The number of amides is 1. The molecule has 0 aliphatic rings. The van der Waals surface area contributed by atoms with Crippen molar-refractivity contribution >= 4 is 29.8 Å². The maximum atomic E-state index is 12.0. The van der Waals surface area contributed by atoms with Crippen molar-refractivity contribution in [3.8, 4) is 17.2 Å². The molecule has 1 aromatic heterocycles. The van der Waals surface area contributed by atoms with Crippen LogP contribution in [-0.4, -0.2) is 34.3 Å². The predicted octanol–water partition coefficient (Wildman–Crippen LogP) is 4.48. The first kappa shape index (κ1) is 24.9. The van der Waals surface area contributed by atoms with E-state index < -0.39 is 11.7 Å². The summed E-state index contributed by atoms with van der Waals surface area (Å²) in [6.07, 6.45) is 1.15. The molecule has 7 nitrogen and oxygen atoms in total.